The number of carbonyl (C=O) groups is 1. The van der Waals surface area contributed by atoms with Crippen LogP contribution in [0.1, 0.15) is 36.5 Å². The lowest BCUT2D eigenvalue weighted by Crippen LogP contribution is -2.23. The molecule has 0 aromatic heterocycles. The molecule has 1 N–H and O–H groups in total. The molecule has 0 bridgehead atoms. The molecule has 4 nitrogen and oxygen atoms in total. The van der Waals surface area contributed by atoms with E-state index < -0.39 is 12.2 Å². The Bertz CT molecular complexity index is 469. The van der Waals surface area contributed by atoms with Crippen molar-refractivity contribution in [2.24, 2.45) is 0 Å². The van der Waals surface area contributed by atoms with Gasteiger partial charge in [-0.1, -0.05) is 12.1 Å². The number of rotatable bonds is 2. The number of esters is 1. The summed E-state index contributed by atoms with van der Waals surface area (Å²) < 4.78 is 10.6. The number of carbonyl (C=O) groups excluding carboxylic acids is 1. The highest BCUT2D eigenvalue weighted by atomic mass is 16.6. The Morgan fingerprint density at radius 2 is 2.22 bits per heavy atom. The summed E-state index contributed by atoms with van der Waals surface area (Å²) in [7, 11) is 0. The van der Waals surface area contributed by atoms with E-state index in [-0.39, 0.29) is 5.97 Å². The molecule has 1 saturated heterocycles. The number of aliphatic hydroxyl groups is 1. The van der Waals surface area contributed by atoms with E-state index in [9.17, 15) is 9.90 Å². The van der Waals surface area contributed by atoms with Gasteiger partial charge in [0.2, 0.25) is 0 Å². The Kier molecular flexibility index (Phi) is 2.96. The maximum atomic E-state index is 11.4. The van der Waals surface area contributed by atoms with Crippen LogP contribution in [0, 0.1) is 0 Å². The first-order valence-electron chi connectivity index (χ1n) is 6.39. The summed E-state index contributed by atoms with van der Waals surface area (Å²) in [6.45, 7) is 0.432. The van der Waals surface area contributed by atoms with Crippen LogP contribution < -0.4 is 4.74 Å². The summed E-state index contributed by atoms with van der Waals surface area (Å²) >= 11 is 0. The van der Waals surface area contributed by atoms with E-state index in [1.54, 1.807) is 0 Å². The van der Waals surface area contributed by atoms with Crippen molar-refractivity contribution >= 4 is 5.97 Å². The minimum atomic E-state index is -0.490. The maximum Gasteiger partial charge on any atom is 0.347 e. The maximum absolute atomic E-state index is 11.4. The summed E-state index contributed by atoms with van der Waals surface area (Å²) in [6.07, 6.45) is 2.34. The SMILES string of the molecule is O=C1OCCC1Oc1cccc2c1CCCC2O. The largest absolute Gasteiger partial charge is 0.478 e. The molecular weight excluding hydrogens is 232 g/mol. The van der Waals surface area contributed by atoms with Gasteiger partial charge in [-0.2, -0.15) is 0 Å². The molecule has 1 aliphatic carbocycles. The topological polar surface area (TPSA) is 55.8 Å². The van der Waals surface area contributed by atoms with E-state index in [1.807, 2.05) is 18.2 Å². The predicted octanol–water partition coefficient (Wildman–Crippen LogP) is 1.75. The van der Waals surface area contributed by atoms with Crippen LogP contribution in [0.3, 0.4) is 0 Å². The molecule has 4 heteroatoms. The molecule has 96 valence electrons. The molecular formula is C14H16O4. The third-order valence-electron chi connectivity index (χ3n) is 3.59. The molecule has 1 aromatic rings. The van der Waals surface area contributed by atoms with Gasteiger partial charge in [-0.05, 0) is 36.5 Å². The molecule has 0 amide bonds. The van der Waals surface area contributed by atoms with Crippen molar-refractivity contribution in [2.75, 3.05) is 6.61 Å². The number of aliphatic hydroxyl groups excluding tert-OH is 1. The van der Waals surface area contributed by atoms with Crippen molar-refractivity contribution < 1.29 is 19.4 Å². The highest BCUT2D eigenvalue weighted by molar-refractivity contribution is 5.76. The Hall–Kier alpha value is -1.55. The first-order valence-corrected chi connectivity index (χ1v) is 6.39. The molecule has 18 heavy (non-hydrogen) atoms. The third kappa shape index (κ3) is 1.97. The molecule has 2 aliphatic rings. The van der Waals surface area contributed by atoms with Crippen molar-refractivity contribution in [3.8, 4) is 5.75 Å². The van der Waals surface area contributed by atoms with Crippen LogP contribution in [0.15, 0.2) is 18.2 Å². The Labute approximate surface area is 106 Å². The zero-order valence-electron chi connectivity index (χ0n) is 10.1. The van der Waals surface area contributed by atoms with Crippen molar-refractivity contribution in [3.05, 3.63) is 29.3 Å². The lowest BCUT2D eigenvalue weighted by Gasteiger charge is -2.24. The Balaban J connectivity index is 1.88. The van der Waals surface area contributed by atoms with Crippen LogP contribution in [-0.2, 0) is 16.0 Å². The molecule has 3 rings (SSSR count). The zero-order valence-corrected chi connectivity index (χ0v) is 10.1. The molecule has 1 aliphatic heterocycles. The van der Waals surface area contributed by atoms with Gasteiger partial charge in [0, 0.05) is 6.42 Å². The van der Waals surface area contributed by atoms with Gasteiger partial charge >= 0.3 is 5.97 Å². The minimum absolute atomic E-state index is 0.288. The van der Waals surface area contributed by atoms with Crippen LogP contribution in [0.25, 0.3) is 0 Å². The summed E-state index contributed by atoms with van der Waals surface area (Å²) in [5, 5.41) is 9.95. The lowest BCUT2D eigenvalue weighted by atomic mass is 9.89. The normalized spacial score (nSPS) is 26.6. The van der Waals surface area contributed by atoms with Gasteiger partial charge in [0.05, 0.1) is 12.7 Å². The van der Waals surface area contributed by atoms with Crippen LogP contribution >= 0.6 is 0 Å². The highest BCUT2D eigenvalue weighted by Gasteiger charge is 2.30. The molecule has 1 fully saturated rings. The lowest BCUT2D eigenvalue weighted by molar-refractivity contribution is -0.143. The average Bonchev–Trinajstić information content (AvgIpc) is 2.77. The Morgan fingerprint density at radius 1 is 1.33 bits per heavy atom. The second-order valence-corrected chi connectivity index (χ2v) is 4.79. The molecule has 0 spiro atoms. The molecule has 0 radical (unpaired) electrons. The Morgan fingerprint density at radius 3 is 3.00 bits per heavy atom. The fourth-order valence-corrected chi connectivity index (χ4v) is 2.64. The summed E-state index contributed by atoms with van der Waals surface area (Å²) in [6, 6.07) is 5.66. The quantitative estimate of drug-likeness (QED) is 0.810. The fourth-order valence-electron chi connectivity index (χ4n) is 2.64. The van der Waals surface area contributed by atoms with Gasteiger partial charge in [0.15, 0.2) is 6.10 Å². The van der Waals surface area contributed by atoms with E-state index in [4.69, 9.17) is 9.47 Å². The first-order chi connectivity index (χ1) is 8.75. The van der Waals surface area contributed by atoms with Gasteiger partial charge in [-0.15, -0.1) is 0 Å². The summed E-state index contributed by atoms with van der Waals surface area (Å²) in [4.78, 5) is 11.4. The van der Waals surface area contributed by atoms with Crippen LogP contribution in [-0.4, -0.2) is 23.8 Å². The van der Waals surface area contributed by atoms with Crippen molar-refractivity contribution in [1.82, 2.24) is 0 Å². The molecule has 1 heterocycles. The minimum Gasteiger partial charge on any atom is -0.478 e. The smallest absolute Gasteiger partial charge is 0.347 e. The highest BCUT2D eigenvalue weighted by Crippen LogP contribution is 2.36. The number of benzene rings is 1. The number of cyclic esters (lactones) is 1. The van der Waals surface area contributed by atoms with Gasteiger partial charge < -0.3 is 14.6 Å². The van der Waals surface area contributed by atoms with E-state index in [1.165, 1.54) is 0 Å². The van der Waals surface area contributed by atoms with Crippen LogP contribution in [0.4, 0.5) is 0 Å². The van der Waals surface area contributed by atoms with Gasteiger partial charge in [-0.25, -0.2) is 4.79 Å². The second-order valence-electron chi connectivity index (χ2n) is 4.79. The number of fused-ring (bicyclic) bond motifs is 1. The molecule has 2 atom stereocenters. The molecule has 0 saturated carbocycles. The van der Waals surface area contributed by atoms with Crippen molar-refractivity contribution in [1.29, 1.82) is 0 Å². The average molecular weight is 248 g/mol. The predicted molar refractivity (Wildman–Crippen MR) is 64.3 cm³/mol. The van der Waals surface area contributed by atoms with Gasteiger partial charge in [-0.3, -0.25) is 0 Å². The second kappa shape index (κ2) is 4.61. The van der Waals surface area contributed by atoms with Crippen molar-refractivity contribution in [2.45, 2.75) is 37.9 Å². The van der Waals surface area contributed by atoms with Crippen LogP contribution in [0.5, 0.6) is 5.75 Å². The number of hydrogen-bond donors (Lipinski definition) is 1. The molecule has 1 aromatic carbocycles. The van der Waals surface area contributed by atoms with Crippen LogP contribution in [0.2, 0.25) is 0 Å². The zero-order chi connectivity index (χ0) is 12.5. The fraction of sp³-hybridized carbons (Fsp3) is 0.500. The third-order valence-corrected chi connectivity index (χ3v) is 3.59. The number of hydrogen-bond acceptors (Lipinski definition) is 4. The summed E-state index contributed by atoms with van der Waals surface area (Å²) in [5.74, 6) is 0.430. The van der Waals surface area contributed by atoms with E-state index >= 15 is 0 Å². The van der Waals surface area contributed by atoms with Gasteiger partial charge in [0.25, 0.3) is 0 Å². The van der Waals surface area contributed by atoms with E-state index in [0.717, 1.165) is 36.1 Å². The van der Waals surface area contributed by atoms with Gasteiger partial charge in [0.1, 0.15) is 5.75 Å². The van der Waals surface area contributed by atoms with E-state index in [2.05, 4.69) is 0 Å². The standard InChI is InChI=1S/C14H16O4/c15-11-5-1-4-10-9(11)3-2-6-12(10)18-13-7-8-17-14(13)16/h2-3,6,11,13,15H,1,4-5,7-8H2. The van der Waals surface area contributed by atoms with E-state index in [0.29, 0.717) is 13.0 Å². The molecule has 2 unspecified atom stereocenters. The first kappa shape index (κ1) is 11.5. The van der Waals surface area contributed by atoms with Crippen molar-refractivity contribution in [3.63, 3.8) is 0 Å². The monoisotopic (exact) mass is 248 g/mol. The number of ether oxygens (including phenoxy) is 2. The summed E-state index contributed by atoms with van der Waals surface area (Å²) in [5.41, 5.74) is 1.97.